The Balaban J connectivity index is 2.05. The van der Waals surface area contributed by atoms with Crippen molar-refractivity contribution in [3.05, 3.63) is 44.6 Å². The molecule has 2 rings (SSSR count). The molecule has 0 saturated heterocycles. The monoisotopic (exact) mass is 338 g/mol. The van der Waals surface area contributed by atoms with Crippen LogP contribution in [0.3, 0.4) is 0 Å². The van der Waals surface area contributed by atoms with Crippen LogP contribution in [0.1, 0.15) is 30.8 Å². The lowest BCUT2D eigenvalue weighted by atomic mass is 10.1. The number of carbonyl (C=O) groups is 1. The molecule has 0 fully saturated rings. The van der Waals surface area contributed by atoms with Crippen LogP contribution in [0.25, 0.3) is 0 Å². The fraction of sp³-hybridized carbons (Fsp3) is 0.400. The molecular weight excluding hydrogens is 320 g/mol. The summed E-state index contributed by atoms with van der Waals surface area (Å²) in [7, 11) is 0. The summed E-state index contributed by atoms with van der Waals surface area (Å²) in [6.45, 7) is 7.18. The lowest BCUT2D eigenvalue weighted by Crippen LogP contribution is -2.46. The molecule has 1 aromatic heterocycles. The molecule has 0 aliphatic carbocycles. The number of H-pyrrole nitrogens is 2. The molecule has 8 heteroatoms. The van der Waals surface area contributed by atoms with Crippen molar-refractivity contribution in [3.8, 4) is 5.75 Å². The van der Waals surface area contributed by atoms with E-state index in [0.29, 0.717) is 16.6 Å². The normalized spacial score (nSPS) is 11.3. The zero-order chi connectivity index (χ0) is 17.2. The number of amides is 1. The summed E-state index contributed by atoms with van der Waals surface area (Å²) < 4.78 is 5.80. The van der Waals surface area contributed by atoms with Gasteiger partial charge in [-0.25, -0.2) is 9.89 Å². The predicted octanol–water partition coefficient (Wildman–Crippen LogP) is 1.84. The zero-order valence-corrected chi connectivity index (χ0v) is 14.2. The number of hydrogen-bond donors (Lipinski definition) is 3. The second-order valence-electron chi connectivity index (χ2n) is 5.79. The third-order valence-electron chi connectivity index (χ3n) is 3.30. The van der Waals surface area contributed by atoms with Crippen LogP contribution in [0.5, 0.6) is 5.75 Å². The maximum Gasteiger partial charge on any atom is 0.340 e. The van der Waals surface area contributed by atoms with Crippen LogP contribution in [0.2, 0.25) is 5.02 Å². The van der Waals surface area contributed by atoms with Crippen LogP contribution in [0.4, 0.5) is 0 Å². The van der Waals surface area contributed by atoms with Gasteiger partial charge in [0.05, 0.1) is 6.54 Å². The smallest absolute Gasteiger partial charge is 0.340 e. The topological polar surface area (TPSA) is 99.9 Å². The van der Waals surface area contributed by atoms with Crippen LogP contribution in [0.15, 0.2) is 16.9 Å². The first-order valence-corrected chi connectivity index (χ1v) is 7.44. The van der Waals surface area contributed by atoms with E-state index in [9.17, 15) is 9.59 Å². The lowest BCUT2D eigenvalue weighted by molar-refractivity contribution is -0.134. The Hall–Kier alpha value is -2.28. The number of hydrogen-bond acceptors (Lipinski definition) is 4. The summed E-state index contributed by atoms with van der Waals surface area (Å²) in [6, 6.07) is 3.57. The van der Waals surface area contributed by atoms with Gasteiger partial charge in [-0.05, 0) is 51.0 Å². The van der Waals surface area contributed by atoms with E-state index in [1.54, 1.807) is 26.0 Å². The van der Waals surface area contributed by atoms with Crippen molar-refractivity contribution < 1.29 is 9.53 Å². The van der Waals surface area contributed by atoms with Gasteiger partial charge in [0.1, 0.15) is 11.6 Å². The average molecular weight is 339 g/mol. The number of rotatable bonds is 5. The third-order valence-corrected chi connectivity index (χ3v) is 3.89. The van der Waals surface area contributed by atoms with E-state index in [0.717, 1.165) is 11.1 Å². The maximum atomic E-state index is 12.3. The summed E-state index contributed by atoms with van der Waals surface area (Å²) in [6.07, 6.45) is 0. The van der Waals surface area contributed by atoms with Gasteiger partial charge >= 0.3 is 5.69 Å². The van der Waals surface area contributed by atoms with E-state index in [1.807, 2.05) is 13.8 Å². The van der Waals surface area contributed by atoms with E-state index in [4.69, 9.17) is 16.3 Å². The molecule has 1 heterocycles. The zero-order valence-electron chi connectivity index (χ0n) is 13.4. The van der Waals surface area contributed by atoms with Gasteiger partial charge in [-0.1, -0.05) is 11.6 Å². The van der Waals surface area contributed by atoms with Crippen molar-refractivity contribution in [1.29, 1.82) is 0 Å². The number of aromatic nitrogens is 3. The molecule has 0 bridgehead atoms. The second kappa shape index (κ2) is 6.45. The molecule has 0 spiro atoms. The molecular formula is C15H19ClN4O3. The number of carbonyl (C=O) groups excluding carboxylic acids is 1. The molecule has 7 nitrogen and oxygen atoms in total. The highest BCUT2D eigenvalue weighted by Crippen LogP contribution is 2.28. The Morgan fingerprint density at radius 2 is 1.96 bits per heavy atom. The molecule has 2 aromatic rings. The molecule has 0 aliphatic heterocycles. The van der Waals surface area contributed by atoms with Crippen LogP contribution >= 0.6 is 11.6 Å². The minimum atomic E-state index is -1.09. The first-order valence-electron chi connectivity index (χ1n) is 7.06. The van der Waals surface area contributed by atoms with Crippen molar-refractivity contribution in [2.45, 2.75) is 39.8 Å². The van der Waals surface area contributed by atoms with Crippen molar-refractivity contribution in [2.75, 3.05) is 0 Å². The molecule has 124 valence electrons. The van der Waals surface area contributed by atoms with Gasteiger partial charge in [-0.2, -0.15) is 5.10 Å². The fourth-order valence-electron chi connectivity index (χ4n) is 2.07. The lowest BCUT2D eigenvalue weighted by Gasteiger charge is -2.25. The second-order valence-corrected chi connectivity index (χ2v) is 6.17. The number of aromatic amines is 2. The number of nitrogens with zero attached hydrogens (tertiary/aromatic N) is 1. The highest BCUT2D eigenvalue weighted by molar-refractivity contribution is 6.32. The minimum Gasteiger partial charge on any atom is -0.478 e. The quantitative estimate of drug-likeness (QED) is 0.774. The first kappa shape index (κ1) is 17.1. The van der Waals surface area contributed by atoms with Crippen LogP contribution < -0.4 is 15.7 Å². The van der Waals surface area contributed by atoms with Gasteiger partial charge in [-0.15, -0.1) is 0 Å². The molecule has 1 aromatic carbocycles. The molecule has 0 saturated carbocycles. The van der Waals surface area contributed by atoms with Gasteiger partial charge in [0.25, 0.3) is 5.91 Å². The Morgan fingerprint density at radius 3 is 2.48 bits per heavy atom. The van der Waals surface area contributed by atoms with Crippen LogP contribution in [0, 0.1) is 13.8 Å². The summed E-state index contributed by atoms with van der Waals surface area (Å²) in [5.74, 6) is 0.585. The number of ether oxygens (including phenoxy) is 1. The van der Waals surface area contributed by atoms with E-state index in [1.165, 1.54) is 0 Å². The number of halogens is 1. The maximum absolute atomic E-state index is 12.3. The van der Waals surface area contributed by atoms with Crippen LogP contribution in [-0.4, -0.2) is 26.7 Å². The summed E-state index contributed by atoms with van der Waals surface area (Å²) >= 11 is 6.13. The van der Waals surface area contributed by atoms with Gasteiger partial charge in [0.2, 0.25) is 0 Å². The molecule has 0 aliphatic rings. The highest BCUT2D eigenvalue weighted by atomic mass is 35.5. The Kier molecular flexibility index (Phi) is 4.79. The van der Waals surface area contributed by atoms with Gasteiger partial charge in [0, 0.05) is 5.02 Å². The standard InChI is InChI=1S/C15H19ClN4O3/c1-8-5-10(6-9(2)12(8)16)23-15(3,4)13(21)17-7-11-18-14(22)20-19-11/h5-6H,7H2,1-4H3,(H,17,21)(H2,18,19,20,22). The molecule has 0 unspecified atom stereocenters. The van der Waals surface area contributed by atoms with Gasteiger partial charge < -0.3 is 10.1 Å². The van der Waals surface area contributed by atoms with E-state index in [2.05, 4.69) is 20.5 Å². The minimum absolute atomic E-state index is 0.100. The molecule has 23 heavy (non-hydrogen) atoms. The number of benzene rings is 1. The van der Waals surface area contributed by atoms with Crippen molar-refractivity contribution in [2.24, 2.45) is 0 Å². The van der Waals surface area contributed by atoms with Gasteiger partial charge in [-0.3, -0.25) is 9.78 Å². The molecule has 0 radical (unpaired) electrons. The predicted molar refractivity (Wildman–Crippen MR) is 86.7 cm³/mol. The van der Waals surface area contributed by atoms with E-state index >= 15 is 0 Å². The SMILES string of the molecule is Cc1cc(OC(C)(C)C(=O)NCc2n[nH]c(=O)[nH]2)cc(C)c1Cl. The first-order chi connectivity index (χ1) is 10.7. The highest BCUT2D eigenvalue weighted by Gasteiger charge is 2.30. The van der Waals surface area contributed by atoms with E-state index < -0.39 is 11.3 Å². The Morgan fingerprint density at radius 1 is 1.35 bits per heavy atom. The third kappa shape index (κ3) is 4.13. The molecule has 1 amide bonds. The average Bonchev–Trinajstić information content (AvgIpc) is 2.87. The van der Waals surface area contributed by atoms with Crippen molar-refractivity contribution in [3.63, 3.8) is 0 Å². The van der Waals surface area contributed by atoms with Crippen LogP contribution in [-0.2, 0) is 11.3 Å². The number of aryl methyl sites for hydroxylation is 2. The van der Waals surface area contributed by atoms with Gasteiger partial charge in [0.15, 0.2) is 5.60 Å². The van der Waals surface area contributed by atoms with E-state index in [-0.39, 0.29) is 12.5 Å². The van der Waals surface area contributed by atoms with Crippen molar-refractivity contribution in [1.82, 2.24) is 20.5 Å². The number of nitrogens with one attached hydrogen (secondary N) is 3. The summed E-state index contributed by atoms with van der Waals surface area (Å²) in [5, 5.41) is 9.31. The fourth-order valence-corrected chi connectivity index (χ4v) is 2.18. The van der Waals surface area contributed by atoms with Crippen molar-refractivity contribution >= 4 is 17.5 Å². The Bertz CT molecular complexity index is 756. The largest absolute Gasteiger partial charge is 0.478 e. The summed E-state index contributed by atoms with van der Waals surface area (Å²) in [4.78, 5) is 25.7. The Labute approximate surface area is 138 Å². The molecule has 3 N–H and O–H groups in total. The summed E-state index contributed by atoms with van der Waals surface area (Å²) in [5.41, 5.74) is 0.249. The molecule has 0 atom stereocenters.